The van der Waals surface area contributed by atoms with Gasteiger partial charge in [-0.2, -0.15) is 4.31 Å². The standard InChI is InChI=1S/C22H29N3O6S2/c1-4-25(5-2)33(29,30)18-10-8-17(9-11-18)23-32(27,28)19-12-13-21(31-3)20(16-19)22(26)24-14-6-7-15-24/h8-13,16,23H,4-7,14-15H2,1-3H3. The first kappa shape index (κ1) is 25.0. The van der Waals surface area contributed by atoms with Crippen LogP contribution in [0.3, 0.4) is 0 Å². The third-order valence-corrected chi connectivity index (χ3v) is 9.00. The minimum Gasteiger partial charge on any atom is -0.496 e. The van der Waals surface area contributed by atoms with Gasteiger partial charge in [-0.15, -0.1) is 0 Å². The number of amides is 1. The van der Waals surface area contributed by atoms with Gasteiger partial charge in [0.15, 0.2) is 0 Å². The fraction of sp³-hybridized carbons (Fsp3) is 0.409. The molecule has 0 aromatic heterocycles. The van der Waals surface area contributed by atoms with Crippen LogP contribution in [0.15, 0.2) is 52.3 Å². The van der Waals surface area contributed by atoms with Crippen molar-refractivity contribution >= 4 is 31.6 Å². The van der Waals surface area contributed by atoms with Crippen LogP contribution in [0.4, 0.5) is 5.69 Å². The van der Waals surface area contributed by atoms with Gasteiger partial charge in [-0.1, -0.05) is 13.8 Å². The van der Waals surface area contributed by atoms with Gasteiger partial charge in [0.1, 0.15) is 5.75 Å². The highest BCUT2D eigenvalue weighted by molar-refractivity contribution is 7.92. The quantitative estimate of drug-likeness (QED) is 0.572. The summed E-state index contributed by atoms with van der Waals surface area (Å²) in [5, 5.41) is 0. The second kappa shape index (κ2) is 10.1. The Morgan fingerprint density at radius 1 is 0.970 bits per heavy atom. The molecule has 1 heterocycles. The largest absolute Gasteiger partial charge is 0.496 e. The van der Waals surface area contributed by atoms with Crippen LogP contribution in [-0.4, -0.2) is 65.2 Å². The van der Waals surface area contributed by atoms with Crippen LogP contribution in [0.2, 0.25) is 0 Å². The highest BCUT2D eigenvalue weighted by atomic mass is 32.2. The molecule has 0 radical (unpaired) electrons. The van der Waals surface area contributed by atoms with Crippen molar-refractivity contribution in [2.75, 3.05) is 38.0 Å². The number of ether oxygens (including phenoxy) is 1. The van der Waals surface area contributed by atoms with E-state index in [1.165, 1.54) is 53.9 Å². The Morgan fingerprint density at radius 2 is 1.55 bits per heavy atom. The molecule has 180 valence electrons. The van der Waals surface area contributed by atoms with E-state index in [1.54, 1.807) is 18.7 Å². The summed E-state index contributed by atoms with van der Waals surface area (Å²) in [5.74, 6) is 0.0316. The van der Waals surface area contributed by atoms with Crippen LogP contribution < -0.4 is 9.46 Å². The van der Waals surface area contributed by atoms with Gasteiger partial charge in [-0.05, 0) is 55.3 Å². The lowest BCUT2D eigenvalue weighted by molar-refractivity contribution is 0.0789. The Bertz CT molecular complexity index is 1200. The van der Waals surface area contributed by atoms with Crippen molar-refractivity contribution in [3.05, 3.63) is 48.0 Å². The number of benzene rings is 2. The van der Waals surface area contributed by atoms with Gasteiger partial charge in [0, 0.05) is 31.9 Å². The summed E-state index contributed by atoms with van der Waals surface area (Å²) in [7, 11) is -6.25. The summed E-state index contributed by atoms with van der Waals surface area (Å²) in [6, 6.07) is 9.64. The first-order chi connectivity index (χ1) is 15.6. The molecule has 1 N–H and O–H groups in total. The number of hydrogen-bond donors (Lipinski definition) is 1. The molecule has 9 nitrogen and oxygen atoms in total. The van der Waals surface area contributed by atoms with Gasteiger partial charge >= 0.3 is 0 Å². The molecule has 1 fully saturated rings. The number of sulfonamides is 2. The predicted octanol–water partition coefficient (Wildman–Crippen LogP) is 2.76. The molecule has 2 aromatic rings. The number of methoxy groups -OCH3 is 1. The molecule has 0 saturated carbocycles. The van der Waals surface area contributed by atoms with E-state index in [9.17, 15) is 21.6 Å². The van der Waals surface area contributed by atoms with Crippen molar-refractivity contribution in [1.82, 2.24) is 9.21 Å². The smallest absolute Gasteiger partial charge is 0.261 e. The summed E-state index contributed by atoms with van der Waals surface area (Å²) in [5.41, 5.74) is 0.389. The second-order valence-electron chi connectivity index (χ2n) is 7.58. The lowest BCUT2D eigenvalue weighted by Crippen LogP contribution is -2.30. The highest BCUT2D eigenvalue weighted by Gasteiger charge is 2.26. The van der Waals surface area contributed by atoms with E-state index in [1.807, 2.05) is 0 Å². The Morgan fingerprint density at radius 3 is 2.09 bits per heavy atom. The molecule has 1 amide bonds. The van der Waals surface area contributed by atoms with E-state index in [0.29, 0.717) is 31.9 Å². The average molecular weight is 496 g/mol. The molecule has 33 heavy (non-hydrogen) atoms. The molecule has 1 aliphatic rings. The molecule has 1 saturated heterocycles. The third kappa shape index (κ3) is 5.31. The zero-order chi connectivity index (χ0) is 24.2. The highest BCUT2D eigenvalue weighted by Crippen LogP contribution is 2.27. The second-order valence-corrected chi connectivity index (χ2v) is 11.2. The van der Waals surface area contributed by atoms with E-state index in [-0.39, 0.29) is 26.9 Å². The molecule has 0 atom stereocenters. The molecule has 0 aliphatic carbocycles. The number of hydrogen-bond acceptors (Lipinski definition) is 6. The molecule has 2 aromatic carbocycles. The van der Waals surface area contributed by atoms with E-state index in [4.69, 9.17) is 4.74 Å². The van der Waals surface area contributed by atoms with Crippen LogP contribution in [0.5, 0.6) is 5.75 Å². The molecule has 3 rings (SSSR count). The Labute approximate surface area is 195 Å². The van der Waals surface area contributed by atoms with E-state index in [2.05, 4.69) is 4.72 Å². The molecule has 0 bridgehead atoms. The summed E-state index contributed by atoms with van der Waals surface area (Å²) < 4.78 is 60.2. The van der Waals surface area contributed by atoms with E-state index >= 15 is 0 Å². The molecular weight excluding hydrogens is 466 g/mol. The Kier molecular flexibility index (Phi) is 7.65. The number of likely N-dealkylation sites (tertiary alicyclic amines) is 1. The Balaban J connectivity index is 1.86. The van der Waals surface area contributed by atoms with Gasteiger partial charge in [-0.25, -0.2) is 16.8 Å². The normalized spacial score (nSPS) is 14.5. The first-order valence-corrected chi connectivity index (χ1v) is 13.7. The number of carbonyl (C=O) groups is 1. The zero-order valence-electron chi connectivity index (χ0n) is 18.9. The van der Waals surface area contributed by atoms with Gasteiger partial charge in [0.2, 0.25) is 10.0 Å². The van der Waals surface area contributed by atoms with Crippen molar-refractivity contribution in [2.24, 2.45) is 0 Å². The maximum absolute atomic E-state index is 13.0. The van der Waals surface area contributed by atoms with E-state index < -0.39 is 20.0 Å². The number of rotatable bonds is 9. The van der Waals surface area contributed by atoms with Crippen LogP contribution in [0.25, 0.3) is 0 Å². The maximum Gasteiger partial charge on any atom is 0.261 e. The van der Waals surface area contributed by atoms with Gasteiger partial charge in [-0.3, -0.25) is 9.52 Å². The molecule has 1 aliphatic heterocycles. The number of carbonyl (C=O) groups excluding carboxylic acids is 1. The summed E-state index contributed by atoms with van der Waals surface area (Å²) >= 11 is 0. The topological polar surface area (TPSA) is 113 Å². The third-order valence-electron chi connectivity index (χ3n) is 5.55. The van der Waals surface area contributed by atoms with Crippen LogP contribution >= 0.6 is 0 Å². The van der Waals surface area contributed by atoms with E-state index in [0.717, 1.165) is 12.8 Å². The fourth-order valence-corrected chi connectivity index (χ4v) is 6.28. The summed E-state index contributed by atoms with van der Waals surface area (Å²) in [6.45, 7) is 5.43. The van der Waals surface area contributed by atoms with Crippen molar-refractivity contribution in [3.8, 4) is 5.75 Å². The van der Waals surface area contributed by atoms with Crippen molar-refractivity contribution in [3.63, 3.8) is 0 Å². The SMILES string of the molecule is CCN(CC)S(=O)(=O)c1ccc(NS(=O)(=O)c2ccc(OC)c(C(=O)N3CCCC3)c2)cc1. The first-order valence-electron chi connectivity index (χ1n) is 10.7. The fourth-order valence-electron chi connectivity index (χ4n) is 3.73. The summed E-state index contributed by atoms with van der Waals surface area (Å²) in [6.07, 6.45) is 1.82. The molecule has 0 unspecified atom stereocenters. The lowest BCUT2D eigenvalue weighted by atomic mass is 10.1. The van der Waals surface area contributed by atoms with Crippen molar-refractivity contribution < 1.29 is 26.4 Å². The van der Waals surface area contributed by atoms with Crippen molar-refractivity contribution in [2.45, 2.75) is 36.5 Å². The minimum absolute atomic E-state index is 0.0806. The van der Waals surface area contributed by atoms with Gasteiger partial charge in [0.25, 0.3) is 15.9 Å². The molecular formula is C22H29N3O6S2. The predicted molar refractivity (Wildman–Crippen MR) is 125 cm³/mol. The number of nitrogens with one attached hydrogen (secondary N) is 1. The van der Waals surface area contributed by atoms with Gasteiger partial charge < -0.3 is 9.64 Å². The van der Waals surface area contributed by atoms with Crippen LogP contribution in [0, 0.1) is 0 Å². The van der Waals surface area contributed by atoms with Crippen LogP contribution in [0.1, 0.15) is 37.0 Å². The monoisotopic (exact) mass is 495 g/mol. The average Bonchev–Trinajstić information content (AvgIpc) is 3.34. The number of anilines is 1. The van der Waals surface area contributed by atoms with Crippen LogP contribution in [-0.2, 0) is 20.0 Å². The Hall–Kier alpha value is -2.63. The maximum atomic E-state index is 13.0. The zero-order valence-corrected chi connectivity index (χ0v) is 20.6. The molecule has 0 spiro atoms. The van der Waals surface area contributed by atoms with Gasteiger partial charge in [0.05, 0.1) is 22.5 Å². The minimum atomic E-state index is -4.03. The number of nitrogens with zero attached hydrogens (tertiary/aromatic N) is 2. The van der Waals surface area contributed by atoms with Crippen molar-refractivity contribution in [1.29, 1.82) is 0 Å². The lowest BCUT2D eigenvalue weighted by Gasteiger charge is -2.19. The summed E-state index contributed by atoms with van der Waals surface area (Å²) in [4.78, 5) is 14.5. The molecule has 11 heteroatoms.